The first-order valence-corrected chi connectivity index (χ1v) is 5.82. The quantitative estimate of drug-likeness (QED) is 0.937. The van der Waals surface area contributed by atoms with Gasteiger partial charge in [0.15, 0.2) is 0 Å². The average molecular weight is 278 g/mol. The molecule has 2 rings (SSSR count). The molecule has 0 saturated heterocycles. The second kappa shape index (κ2) is 5.07. The van der Waals surface area contributed by atoms with Crippen molar-refractivity contribution in [2.24, 2.45) is 0 Å². The Bertz CT molecular complexity index is 468. The van der Waals surface area contributed by atoms with Gasteiger partial charge in [0, 0.05) is 11.0 Å². The summed E-state index contributed by atoms with van der Waals surface area (Å²) in [4.78, 5) is 0. The van der Waals surface area contributed by atoms with Crippen molar-refractivity contribution in [3.8, 4) is 0 Å². The summed E-state index contributed by atoms with van der Waals surface area (Å²) in [7, 11) is 0. The molecule has 2 aromatic rings. The molecule has 1 N–H and O–H groups in total. The van der Waals surface area contributed by atoms with E-state index < -0.39 is 0 Å². The van der Waals surface area contributed by atoms with Gasteiger partial charge in [-0.1, -0.05) is 34.1 Å². The van der Waals surface area contributed by atoms with Crippen LogP contribution in [0.4, 0.5) is 5.82 Å². The summed E-state index contributed by atoms with van der Waals surface area (Å²) in [6.45, 7) is 2.66. The molecule has 16 heavy (non-hydrogen) atoms. The monoisotopic (exact) mass is 277 g/mol. The fraction of sp³-hybridized carbons (Fsp3) is 0.167. The van der Waals surface area contributed by atoms with Gasteiger partial charge < -0.3 is 5.32 Å². The molecule has 0 spiro atoms. The molecule has 1 aromatic carbocycles. The first-order chi connectivity index (χ1) is 7.75. The maximum absolute atomic E-state index is 4.05. The third-order valence-corrected chi connectivity index (χ3v) is 2.99. The SMILES string of the molecule is Cc1ccc(NCc2ccccc2Br)nn1. The van der Waals surface area contributed by atoms with Crippen LogP contribution in [0.25, 0.3) is 0 Å². The zero-order valence-corrected chi connectivity index (χ0v) is 10.5. The molecule has 1 heterocycles. The molecule has 0 unspecified atom stereocenters. The molecule has 3 nitrogen and oxygen atoms in total. The van der Waals surface area contributed by atoms with Crippen molar-refractivity contribution >= 4 is 21.7 Å². The molecule has 0 fully saturated rings. The minimum atomic E-state index is 0.735. The smallest absolute Gasteiger partial charge is 0.148 e. The lowest BCUT2D eigenvalue weighted by atomic mass is 10.2. The van der Waals surface area contributed by atoms with E-state index in [1.165, 1.54) is 5.56 Å². The number of hydrogen-bond acceptors (Lipinski definition) is 3. The van der Waals surface area contributed by atoms with E-state index in [2.05, 4.69) is 37.5 Å². The molecule has 0 saturated carbocycles. The maximum atomic E-state index is 4.05. The van der Waals surface area contributed by atoms with Gasteiger partial charge in [0.25, 0.3) is 0 Å². The van der Waals surface area contributed by atoms with Crippen molar-refractivity contribution in [1.82, 2.24) is 10.2 Å². The van der Waals surface area contributed by atoms with E-state index >= 15 is 0 Å². The zero-order chi connectivity index (χ0) is 11.4. The first kappa shape index (κ1) is 11.1. The minimum absolute atomic E-state index is 0.735. The van der Waals surface area contributed by atoms with E-state index in [-0.39, 0.29) is 0 Å². The highest BCUT2D eigenvalue weighted by molar-refractivity contribution is 9.10. The van der Waals surface area contributed by atoms with Crippen LogP contribution in [0.5, 0.6) is 0 Å². The van der Waals surface area contributed by atoms with Crippen molar-refractivity contribution in [2.75, 3.05) is 5.32 Å². The molecule has 0 radical (unpaired) electrons. The summed E-state index contributed by atoms with van der Waals surface area (Å²) in [5, 5.41) is 11.3. The number of benzene rings is 1. The largest absolute Gasteiger partial charge is 0.364 e. The highest BCUT2D eigenvalue weighted by atomic mass is 79.9. The molecular formula is C12H12BrN3. The highest BCUT2D eigenvalue weighted by Crippen LogP contribution is 2.16. The van der Waals surface area contributed by atoms with Crippen molar-refractivity contribution in [2.45, 2.75) is 13.5 Å². The predicted molar refractivity (Wildman–Crippen MR) is 68.2 cm³/mol. The predicted octanol–water partition coefficient (Wildman–Crippen LogP) is 3.16. The Morgan fingerprint density at radius 1 is 1.12 bits per heavy atom. The van der Waals surface area contributed by atoms with Crippen LogP contribution in [0.2, 0.25) is 0 Å². The van der Waals surface area contributed by atoms with Crippen LogP contribution < -0.4 is 5.32 Å². The van der Waals surface area contributed by atoms with Crippen molar-refractivity contribution in [1.29, 1.82) is 0 Å². The molecule has 0 amide bonds. The second-order valence-corrected chi connectivity index (χ2v) is 4.36. The van der Waals surface area contributed by atoms with Crippen LogP contribution in [0.1, 0.15) is 11.3 Å². The summed E-state index contributed by atoms with van der Waals surface area (Å²) in [5.41, 5.74) is 2.12. The Labute approximate surface area is 103 Å². The van der Waals surface area contributed by atoms with Crippen LogP contribution in [-0.4, -0.2) is 10.2 Å². The van der Waals surface area contributed by atoms with E-state index in [1.54, 1.807) is 0 Å². The molecular weight excluding hydrogens is 266 g/mol. The Hall–Kier alpha value is -1.42. The summed E-state index contributed by atoms with van der Waals surface area (Å²) in [6.07, 6.45) is 0. The number of rotatable bonds is 3. The molecule has 1 aromatic heterocycles. The Balaban J connectivity index is 2.02. The highest BCUT2D eigenvalue weighted by Gasteiger charge is 1.99. The van der Waals surface area contributed by atoms with Gasteiger partial charge in [-0.05, 0) is 30.7 Å². The zero-order valence-electron chi connectivity index (χ0n) is 8.94. The Morgan fingerprint density at radius 2 is 1.94 bits per heavy atom. The lowest BCUT2D eigenvalue weighted by Gasteiger charge is -2.06. The Morgan fingerprint density at radius 3 is 2.62 bits per heavy atom. The number of nitrogens with zero attached hydrogens (tertiary/aromatic N) is 2. The van der Waals surface area contributed by atoms with Crippen molar-refractivity contribution < 1.29 is 0 Å². The van der Waals surface area contributed by atoms with E-state index in [0.717, 1.165) is 22.5 Å². The number of hydrogen-bond donors (Lipinski definition) is 1. The molecule has 0 atom stereocenters. The lowest BCUT2D eigenvalue weighted by Crippen LogP contribution is -2.03. The minimum Gasteiger partial charge on any atom is -0.364 e. The topological polar surface area (TPSA) is 37.8 Å². The number of halogens is 1. The van der Waals surface area contributed by atoms with Crippen LogP contribution in [-0.2, 0) is 6.54 Å². The van der Waals surface area contributed by atoms with Crippen LogP contribution in [0, 0.1) is 6.92 Å². The van der Waals surface area contributed by atoms with Gasteiger partial charge in [0.2, 0.25) is 0 Å². The fourth-order valence-corrected chi connectivity index (χ4v) is 1.75. The van der Waals surface area contributed by atoms with Crippen LogP contribution in [0.3, 0.4) is 0 Å². The third kappa shape index (κ3) is 2.79. The van der Waals surface area contributed by atoms with Gasteiger partial charge in [0.05, 0.1) is 5.69 Å². The number of aromatic nitrogens is 2. The maximum Gasteiger partial charge on any atom is 0.148 e. The Kier molecular flexibility index (Phi) is 3.51. The van der Waals surface area contributed by atoms with Gasteiger partial charge in [0.1, 0.15) is 5.82 Å². The summed E-state index contributed by atoms with van der Waals surface area (Å²) < 4.78 is 1.10. The molecule has 0 bridgehead atoms. The standard InChI is InChI=1S/C12H12BrN3/c1-9-6-7-12(16-15-9)14-8-10-4-2-3-5-11(10)13/h2-7H,8H2,1H3,(H,14,16). The van der Waals surface area contributed by atoms with Crippen LogP contribution >= 0.6 is 15.9 Å². The number of nitrogens with one attached hydrogen (secondary N) is 1. The van der Waals surface area contributed by atoms with E-state index in [0.29, 0.717) is 0 Å². The fourth-order valence-electron chi connectivity index (χ4n) is 1.32. The molecule has 4 heteroatoms. The molecule has 0 aliphatic carbocycles. The van der Waals surface area contributed by atoms with E-state index in [9.17, 15) is 0 Å². The molecule has 0 aliphatic heterocycles. The van der Waals surface area contributed by atoms with Gasteiger partial charge in [-0.25, -0.2) is 0 Å². The van der Waals surface area contributed by atoms with Gasteiger partial charge in [-0.15, -0.1) is 5.10 Å². The third-order valence-electron chi connectivity index (χ3n) is 2.22. The van der Waals surface area contributed by atoms with Gasteiger partial charge in [-0.3, -0.25) is 0 Å². The average Bonchev–Trinajstić information content (AvgIpc) is 2.30. The second-order valence-electron chi connectivity index (χ2n) is 3.50. The molecule has 82 valence electrons. The van der Waals surface area contributed by atoms with E-state index in [4.69, 9.17) is 0 Å². The lowest BCUT2D eigenvalue weighted by molar-refractivity contribution is 0.962. The molecule has 0 aliphatic rings. The summed E-state index contributed by atoms with van der Waals surface area (Å²) in [5.74, 6) is 0.793. The van der Waals surface area contributed by atoms with Crippen molar-refractivity contribution in [3.05, 3.63) is 52.1 Å². The number of aryl methyl sites for hydroxylation is 1. The van der Waals surface area contributed by atoms with Gasteiger partial charge in [-0.2, -0.15) is 5.10 Å². The van der Waals surface area contributed by atoms with Crippen molar-refractivity contribution in [3.63, 3.8) is 0 Å². The summed E-state index contributed by atoms with van der Waals surface area (Å²) >= 11 is 3.51. The number of anilines is 1. The van der Waals surface area contributed by atoms with E-state index in [1.807, 2.05) is 37.3 Å². The van der Waals surface area contributed by atoms with Gasteiger partial charge >= 0.3 is 0 Å². The first-order valence-electron chi connectivity index (χ1n) is 5.03. The summed E-state index contributed by atoms with van der Waals surface area (Å²) in [6, 6.07) is 12.0. The van der Waals surface area contributed by atoms with Crippen LogP contribution in [0.15, 0.2) is 40.9 Å². The normalized spacial score (nSPS) is 10.1.